The highest BCUT2D eigenvalue weighted by Gasteiger charge is 2.26. The Morgan fingerprint density at radius 1 is 1.27 bits per heavy atom. The molecular formula is C20H17N5O4S. The number of aryl methyl sites for hydroxylation is 1. The van der Waals surface area contributed by atoms with Gasteiger partial charge in [0.05, 0.1) is 28.4 Å². The first-order valence-electron chi connectivity index (χ1n) is 9.08. The summed E-state index contributed by atoms with van der Waals surface area (Å²) >= 11 is 0. The van der Waals surface area contributed by atoms with Crippen LogP contribution in [0.25, 0.3) is 5.69 Å². The Bertz CT molecular complexity index is 1250. The van der Waals surface area contributed by atoms with Gasteiger partial charge in [0.2, 0.25) is 0 Å². The van der Waals surface area contributed by atoms with E-state index in [1.807, 2.05) is 30.3 Å². The van der Waals surface area contributed by atoms with Crippen LogP contribution < -0.4 is 0 Å². The number of benzene rings is 1. The van der Waals surface area contributed by atoms with E-state index in [0.717, 1.165) is 5.69 Å². The molecule has 3 heterocycles. The highest BCUT2D eigenvalue weighted by Crippen LogP contribution is 2.21. The van der Waals surface area contributed by atoms with Gasteiger partial charge >= 0.3 is 5.97 Å². The van der Waals surface area contributed by atoms with Crippen LogP contribution in [0.15, 0.2) is 58.7 Å². The highest BCUT2D eigenvalue weighted by molar-refractivity contribution is 7.90. The van der Waals surface area contributed by atoms with E-state index in [1.54, 1.807) is 16.5 Å². The van der Waals surface area contributed by atoms with Crippen molar-refractivity contribution < 1.29 is 17.9 Å². The van der Waals surface area contributed by atoms with Crippen LogP contribution in [0.2, 0.25) is 0 Å². The van der Waals surface area contributed by atoms with E-state index in [9.17, 15) is 18.5 Å². The molecule has 0 radical (unpaired) electrons. The van der Waals surface area contributed by atoms with E-state index in [-0.39, 0.29) is 30.3 Å². The third-order valence-corrected chi connectivity index (χ3v) is 5.83. The van der Waals surface area contributed by atoms with Gasteiger partial charge in [-0.25, -0.2) is 17.9 Å². The number of hydrogen-bond donors (Lipinski definition) is 0. The van der Waals surface area contributed by atoms with E-state index < -0.39 is 16.0 Å². The zero-order valence-corrected chi connectivity index (χ0v) is 16.8. The van der Waals surface area contributed by atoms with E-state index in [0.29, 0.717) is 17.0 Å². The van der Waals surface area contributed by atoms with Crippen LogP contribution in [0.4, 0.5) is 0 Å². The van der Waals surface area contributed by atoms with Crippen molar-refractivity contribution in [3.63, 3.8) is 0 Å². The van der Waals surface area contributed by atoms with Crippen LogP contribution in [0.3, 0.4) is 0 Å². The summed E-state index contributed by atoms with van der Waals surface area (Å²) in [6.07, 6.45) is 4.44. The summed E-state index contributed by atoms with van der Waals surface area (Å²) in [6.45, 7) is 1.79. The second-order valence-electron chi connectivity index (χ2n) is 6.69. The topological polar surface area (TPSA) is 118 Å². The average molecular weight is 423 g/mol. The number of nitriles is 1. The van der Waals surface area contributed by atoms with Gasteiger partial charge in [0.15, 0.2) is 0 Å². The first kappa shape index (κ1) is 19.6. The number of nitrogens with zero attached hydrogens (tertiary/aromatic N) is 5. The molecule has 0 atom stereocenters. The summed E-state index contributed by atoms with van der Waals surface area (Å²) in [7, 11) is -3.46. The number of ether oxygens (including phenoxy) is 1. The molecule has 10 heteroatoms. The first-order chi connectivity index (χ1) is 14.4. The van der Waals surface area contributed by atoms with Crippen LogP contribution >= 0.6 is 0 Å². The van der Waals surface area contributed by atoms with Crippen molar-refractivity contribution in [2.45, 2.75) is 13.5 Å². The number of sulfonamides is 1. The van der Waals surface area contributed by atoms with E-state index >= 15 is 0 Å². The minimum atomic E-state index is -3.46. The van der Waals surface area contributed by atoms with Gasteiger partial charge in [0.1, 0.15) is 24.1 Å². The standard InChI is InChI=1S/C20H17N5O4S/c1-14-17(11-21)18(25(22-14)16-5-3-2-4-6-16)13-29-20(26)15-7-8-19-23-30(27,28)10-9-24(19)12-15/h2-8,12H,9-10,13H2,1H3. The fourth-order valence-electron chi connectivity index (χ4n) is 3.18. The molecule has 1 aromatic heterocycles. The summed E-state index contributed by atoms with van der Waals surface area (Å²) in [5, 5.41) is 13.9. The Labute approximate surface area is 173 Å². The van der Waals surface area contributed by atoms with Gasteiger partial charge in [-0.15, -0.1) is 4.40 Å². The van der Waals surface area contributed by atoms with Crippen molar-refractivity contribution in [2.24, 2.45) is 4.40 Å². The number of carbonyl (C=O) groups is 1. The normalized spacial score (nSPS) is 16.9. The summed E-state index contributed by atoms with van der Waals surface area (Å²) in [5.74, 6) is -0.451. The molecule has 0 spiro atoms. The second kappa shape index (κ2) is 7.61. The Hall–Kier alpha value is -3.71. The molecule has 2 aromatic rings. The number of aromatic nitrogens is 2. The number of para-hydroxylation sites is 1. The number of hydrogen-bond acceptors (Lipinski definition) is 7. The average Bonchev–Trinajstić information content (AvgIpc) is 3.06. The smallest absolute Gasteiger partial charge is 0.340 e. The van der Waals surface area contributed by atoms with Crippen molar-refractivity contribution in [3.05, 3.63) is 71.2 Å². The maximum atomic E-state index is 12.6. The van der Waals surface area contributed by atoms with Crippen molar-refractivity contribution in [2.75, 3.05) is 12.3 Å². The zero-order chi connectivity index (χ0) is 21.3. The largest absolute Gasteiger partial charge is 0.455 e. The lowest BCUT2D eigenvalue weighted by molar-refractivity contribution is -0.140. The van der Waals surface area contributed by atoms with E-state index in [1.165, 1.54) is 18.4 Å². The Balaban J connectivity index is 1.55. The van der Waals surface area contributed by atoms with Gasteiger partial charge in [-0.2, -0.15) is 10.4 Å². The molecule has 0 N–H and O–H groups in total. The molecule has 0 amide bonds. The Morgan fingerprint density at radius 2 is 2.03 bits per heavy atom. The molecule has 9 nitrogen and oxygen atoms in total. The minimum absolute atomic E-state index is 0.121. The maximum absolute atomic E-state index is 12.6. The fraction of sp³-hybridized carbons (Fsp3) is 0.200. The molecule has 30 heavy (non-hydrogen) atoms. The summed E-state index contributed by atoms with van der Waals surface area (Å²) in [5.41, 5.74) is 2.38. The molecule has 0 unspecified atom stereocenters. The molecular weight excluding hydrogens is 406 g/mol. The third kappa shape index (κ3) is 3.75. The van der Waals surface area contributed by atoms with Gasteiger partial charge in [-0.1, -0.05) is 18.2 Å². The van der Waals surface area contributed by atoms with Crippen LogP contribution in [0.1, 0.15) is 17.0 Å². The Kier molecular flexibility index (Phi) is 4.97. The van der Waals surface area contributed by atoms with Crippen LogP contribution in [0.5, 0.6) is 0 Å². The summed E-state index contributed by atoms with van der Waals surface area (Å²) in [6, 6.07) is 11.4. The van der Waals surface area contributed by atoms with Crippen molar-refractivity contribution >= 4 is 21.8 Å². The van der Waals surface area contributed by atoms with E-state index in [4.69, 9.17) is 4.74 Å². The molecule has 0 fully saturated rings. The molecule has 1 aromatic carbocycles. The van der Waals surface area contributed by atoms with Crippen LogP contribution in [-0.4, -0.2) is 47.2 Å². The van der Waals surface area contributed by atoms with Gasteiger partial charge < -0.3 is 9.64 Å². The summed E-state index contributed by atoms with van der Waals surface area (Å²) < 4.78 is 33.9. The molecule has 4 rings (SSSR count). The van der Waals surface area contributed by atoms with Crippen molar-refractivity contribution in [3.8, 4) is 11.8 Å². The lowest BCUT2D eigenvalue weighted by Gasteiger charge is -2.26. The van der Waals surface area contributed by atoms with Gasteiger partial charge in [-0.3, -0.25) is 0 Å². The van der Waals surface area contributed by atoms with Crippen LogP contribution in [-0.2, 0) is 26.2 Å². The number of rotatable bonds is 4. The molecule has 2 aliphatic rings. The predicted molar refractivity (Wildman–Crippen MR) is 108 cm³/mol. The third-order valence-electron chi connectivity index (χ3n) is 4.67. The lowest BCUT2D eigenvalue weighted by atomic mass is 10.2. The zero-order valence-electron chi connectivity index (χ0n) is 16.0. The Morgan fingerprint density at radius 3 is 2.77 bits per heavy atom. The minimum Gasteiger partial charge on any atom is -0.455 e. The SMILES string of the molecule is Cc1nn(-c2ccccc2)c(COC(=O)C2=CN3CCS(=O)(=O)N=C3C=C2)c1C#N. The molecule has 0 aliphatic carbocycles. The quantitative estimate of drug-likeness (QED) is 0.685. The highest BCUT2D eigenvalue weighted by atomic mass is 32.2. The molecule has 2 aliphatic heterocycles. The predicted octanol–water partition coefficient (Wildman–Crippen LogP) is 1.59. The molecule has 152 valence electrons. The first-order valence-corrected chi connectivity index (χ1v) is 10.7. The maximum Gasteiger partial charge on any atom is 0.340 e. The van der Waals surface area contributed by atoms with Crippen LogP contribution in [0, 0.1) is 18.3 Å². The lowest BCUT2D eigenvalue weighted by Crippen LogP contribution is -2.37. The molecule has 0 bridgehead atoms. The molecule has 0 saturated carbocycles. The van der Waals surface area contributed by atoms with Gasteiger partial charge in [-0.05, 0) is 31.2 Å². The number of amidine groups is 1. The van der Waals surface area contributed by atoms with Crippen molar-refractivity contribution in [1.82, 2.24) is 14.7 Å². The summed E-state index contributed by atoms with van der Waals surface area (Å²) in [4.78, 5) is 14.2. The number of fused-ring (bicyclic) bond motifs is 1. The fourth-order valence-corrected chi connectivity index (χ4v) is 4.14. The number of esters is 1. The second-order valence-corrected chi connectivity index (χ2v) is 8.44. The van der Waals surface area contributed by atoms with E-state index in [2.05, 4.69) is 15.6 Å². The number of carbonyl (C=O) groups excluding carboxylic acids is 1. The van der Waals surface area contributed by atoms with Crippen molar-refractivity contribution in [1.29, 1.82) is 5.26 Å². The van der Waals surface area contributed by atoms with Gasteiger partial charge in [0.25, 0.3) is 10.0 Å². The molecule has 0 saturated heterocycles. The van der Waals surface area contributed by atoms with Gasteiger partial charge in [0, 0.05) is 12.7 Å². The monoisotopic (exact) mass is 423 g/mol.